The second kappa shape index (κ2) is 6.49. The molecule has 112 valence electrons. The van der Waals surface area contributed by atoms with Gasteiger partial charge in [-0.3, -0.25) is 9.48 Å². The van der Waals surface area contributed by atoms with Crippen LogP contribution in [-0.4, -0.2) is 20.8 Å². The summed E-state index contributed by atoms with van der Waals surface area (Å²) in [5.41, 5.74) is 2.24. The second-order valence-electron chi connectivity index (χ2n) is 4.94. The maximum Gasteiger partial charge on any atom is 0.242 e. The molecule has 0 saturated heterocycles. The van der Waals surface area contributed by atoms with Gasteiger partial charge in [0.25, 0.3) is 0 Å². The van der Waals surface area contributed by atoms with Gasteiger partial charge in [0, 0.05) is 11.8 Å². The molecule has 1 unspecified atom stereocenters. The molecule has 0 saturated carbocycles. The van der Waals surface area contributed by atoms with Crippen LogP contribution in [0.1, 0.15) is 29.8 Å². The summed E-state index contributed by atoms with van der Waals surface area (Å²) in [6.45, 7) is 3.59. The number of nitrogens with one attached hydrogen (secondary N) is 1. The maximum absolute atomic E-state index is 12.9. The van der Waals surface area contributed by atoms with Gasteiger partial charge in [0.1, 0.15) is 12.4 Å². The molecule has 1 aromatic heterocycles. The van der Waals surface area contributed by atoms with Crippen LogP contribution >= 0.6 is 0 Å². The summed E-state index contributed by atoms with van der Waals surface area (Å²) in [4.78, 5) is 12.0. The molecule has 0 bridgehead atoms. The van der Waals surface area contributed by atoms with Gasteiger partial charge in [-0.25, -0.2) is 4.39 Å². The number of nitrogens with zero attached hydrogens (tertiary/aromatic N) is 2. The summed E-state index contributed by atoms with van der Waals surface area (Å²) in [7, 11) is 0. The molecule has 0 aliphatic heterocycles. The third-order valence-corrected chi connectivity index (χ3v) is 3.27. The number of benzene rings is 1. The highest BCUT2D eigenvalue weighted by molar-refractivity contribution is 5.76. The molecule has 0 aliphatic carbocycles. The third-order valence-electron chi connectivity index (χ3n) is 3.27. The summed E-state index contributed by atoms with van der Waals surface area (Å²) in [6.07, 6.45) is 1.65. The summed E-state index contributed by atoms with van der Waals surface area (Å²) >= 11 is 0. The molecule has 6 heteroatoms. The zero-order chi connectivity index (χ0) is 15.4. The van der Waals surface area contributed by atoms with Crippen LogP contribution in [0.25, 0.3) is 0 Å². The Labute approximate surface area is 122 Å². The van der Waals surface area contributed by atoms with Gasteiger partial charge in [0.2, 0.25) is 5.91 Å². The largest absolute Gasteiger partial charge is 0.392 e. The predicted octanol–water partition coefficient (Wildman–Crippen LogP) is 1.70. The van der Waals surface area contributed by atoms with E-state index in [0.29, 0.717) is 11.3 Å². The van der Waals surface area contributed by atoms with Gasteiger partial charge in [-0.2, -0.15) is 5.10 Å². The lowest BCUT2D eigenvalue weighted by atomic mass is 10.1. The van der Waals surface area contributed by atoms with E-state index in [1.807, 2.05) is 6.92 Å². The fraction of sp³-hybridized carbons (Fsp3) is 0.333. The average molecular weight is 291 g/mol. The van der Waals surface area contributed by atoms with E-state index in [2.05, 4.69) is 10.4 Å². The molecular weight excluding hydrogens is 273 g/mol. The standard InChI is InChI=1S/C15H18FN3O2/c1-10(12-3-5-14(16)6-4-12)17-15(21)8-19-7-13(9-20)11(2)18-19/h3-7,10,20H,8-9H2,1-2H3,(H,17,21). The maximum atomic E-state index is 12.9. The summed E-state index contributed by atoms with van der Waals surface area (Å²) in [5.74, 6) is -0.500. The highest BCUT2D eigenvalue weighted by Gasteiger charge is 2.12. The molecule has 2 aromatic rings. The first-order valence-corrected chi connectivity index (χ1v) is 6.68. The van der Waals surface area contributed by atoms with Crippen LogP contribution in [0.15, 0.2) is 30.5 Å². The molecule has 1 atom stereocenters. The predicted molar refractivity (Wildman–Crippen MR) is 75.8 cm³/mol. The van der Waals surface area contributed by atoms with Crippen molar-refractivity contribution in [3.8, 4) is 0 Å². The molecule has 2 N–H and O–H groups in total. The van der Waals surface area contributed by atoms with Crippen LogP contribution < -0.4 is 5.32 Å². The molecule has 1 heterocycles. The molecule has 0 spiro atoms. The van der Waals surface area contributed by atoms with Crippen molar-refractivity contribution in [1.29, 1.82) is 0 Å². The van der Waals surface area contributed by atoms with E-state index in [9.17, 15) is 9.18 Å². The van der Waals surface area contributed by atoms with Gasteiger partial charge in [-0.15, -0.1) is 0 Å². The second-order valence-corrected chi connectivity index (χ2v) is 4.94. The average Bonchev–Trinajstić information content (AvgIpc) is 2.79. The number of aliphatic hydroxyl groups is 1. The Morgan fingerprint density at radius 1 is 1.43 bits per heavy atom. The molecule has 0 radical (unpaired) electrons. The Bertz CT molecular complexity index is 622. The van der Waals surface area contributed by atoms with Gasteiger partial charge in [-0.1, -0.05) is 12.1 Å². The van der Waals surface area contributed by atoms with Crippen LogP contribution in [-0.2, 0) is 17.9 Å². The minimum Gasteiger partial charge on any atom is -0.392 e. The third kappa shape index (κ3) is 3.88. The van der Waals surface area contributed by atoms with Crippen LogP contribution in [0.2, 0.25) is 0 Å². The van der Waals surface area contributed by atoms with Crippen molar-refractivity contribution in [2.24, 2.45) is 0 Å². The van der Waals surface area contributed by atoms with Crippen LogP contribution in [0.4, 0.5) is 4.39 Å². The molecular formula is C15H18FN3O2. The zero-order valence-corrected chi connectivity index (χ0v) is 12.0. The van der Waals surface area contributed by atoms with Crippen molar-refractivity contribution in [3.05, 3.63) is 53.1 Å². The van der Waals surface area contributed by atoms with Gasteiger partial charge in [-0.05, 0) is 31.5 Å². The number of hydrogen-bond acceptors (Lipinski definition) is 3. The van der Waals surface area contributed by atoms with Crippen molar-refractivity contribution >= 4 is 5.91 Å². The van der Waals surface area contributed by atoms with Crippen LogP contribution in [0.5, 0.6) is 0 Å². The van der Waals surface area contributed by atoms with E-state index in [4.69, 9.17) is 5.11 Å². The van der Waals surface area contributed by atoms with E-state index in [1.165, 1.54) is 16.8 Å². The minimum absolute atomic E-state index is 0.0758. The van der Waals surface area contributed by atoms with Crippen molar-refractivity contribution in [3.63, 3.8) is 0 Å². The van der Waals surface area contributed by atoms with Crippen LogP contribution in [0, 0.1) is 12.7 Å². The molecule has 1 amide bonds. The number of aryl methyl sites for hydroxylation is 1. The Morgan fingerprint density at radius 2 is 2.10 bits per heavy atom. The van der Waals surface area contributed by atoms with E-state index in [0.717, 1.165) is 5.56 Å². The molecule has 0 aliphatic rings. The van der Waals surface area contributed by atoms with Gasteiger partial charge < -0.3 is 10.4 Å². The number of amides is 1. The molecule has 1 aromatic carbocycles. The number of carbonyl (C=O) groups is 1. The highest BCUT2D eigenvalue weighted by Crippen LogP contribution is 2.13. The number of aliphatic hydroxyl groups excluding tert-OH is 1. The lowest BCUT2D eigenvalue weighted by Gasteiger charge is -2.14. The van der Waals surface area contributed by atoms with E-state index < -0.39 is 0 Å². The fourth-order valence-corrected chi connectivity index (χ4v) is 2.06. The summed E-state index contributed by atoms with van der Waals surface area (Å²) in [5, 5.41) is 16.1. The Hall–Kier alpha value is -2.21. The van der Waals surface area contributed by atoms with Gasteiger partial charge in [0.15, 0.2) is 0 Å². The fourth-order valence-electron chi connectivity index (χ4n) is 2.06. The Morgan fingerprint density at radius 3 is 2.67 bits per heavy atom. The number of hydrogen-bond donors (Lipinski definition) is 2. The first-order valence-electron chi connectivity index (χ1n) is 6.68. The summed E-state index contributed by atoms with van der Waals surface area (Å²) in [6, 6.07) is 5.79. The normalized spacial score (nSPS) is 12.2. The lowest BCUT2D eigenvalue weighted by molar-refractivity contribution is -0.122. The van der Waals surface area contributed by atoms with Crippen molar-refractivity contribution < 1.29 is 14.3 Å². The molecule has 21 heavy (non-hydrogen) atoms. The highest BCUT2D eigenvalue weighted by atomic mass is 19.1. The minimum atomic E-state index is -0.305. The van der Waals surface area contributed by atoms with E-state index in [-0.39, 0.29) is 30.9 Å². The molecule has 5 nitrogen and oxygen atoms in total. The zero-order valence-electron chi connectivity index (χ0n) is 12.0. The van der Waals surface area contributed by atoms with E-state index in [1.54, 1.807) is 25.3 Å². The summed E-state index contributed by atoms with van der Waals surface area (Å²) < 4.78 is 14.3. The number of carbonyl (C=O) groups excluding carboxylic acids is 1. The first kappa shape index (κ1) is 15.2. The quantitative estimate of drug-likeness (QED) is 0.881. The number of halogens is 1. The van der Waals surface area contributed by atoms with Crippen LogP contribution in [0.3, 0.4) is 0 Å². The Balaban J connectivity index is 1.96. The number of aromatic nitrogens is 2. The SMILES string of the molecule is Cc1nn(CC(=O)NC(C)c2ccc(F)cc2)cc1CO. The molecule has 2 rings (SSSR count). The van der Waals surface area contributed by atoms with Gasteiger partial charge >= 0.3 is 0 Å². The smallest absolute Gasteiger partial charge is 0.242 e. The monoisotopic (exact) mass is 291 g/mol. The number of rotatable bonds is 5. The van der Waals surface area contributed by atoms with Crippen molar-refractivity contribution in [1.82, 2.24) is 15.1 Å². The van der Waals surface area contributed by atoms with Crippen molar-refractivity contribution in [2.75, 3.05) is 0 Å². The van der Waals surface area contributed by atoms with E-state index >= 15 is 0 Å². The first-order chi connectivity index (χ1) is 9.99. The van der Waals surface area contributed by atoms with Crippen molar-refractivity contribution in [2.45, 2.75) is 33.0 Å². The van der Waals surface area contributed by atoms with Gasteiger partial charge in [0.05, 0.1) is 18.3 Å². The molecule has 0 fully saturated rings. The lowest BCUT2D eigenvalue weighted by Crippen LogP contribution is -2.30. The topological polar surface area (TPSA) is 67.2 Å². The Kier molecular flexibility index (Phi) is 4.70.